The molecule has 0 saturated carbocycles. The van der Waals surface area contributed by atoms with Crippen LogP contribution in [0.2, 0.25) is 0 Å². The monoisotopic (exact) mass is 322 g/mol. The molecule has 0 heteroatoms. The van der Waals surface area contributed by atoms with Gasteiger partial charge in [0.2, 0.25) is 0 Å². The number of rotatable bonds is 1. The quantitative estimate of drug-likeness (QED) is 0.645. The topological polar surface area (TPSA) is 0 Å². The fourth-order valence-corrected chi connectivity index (χ4v) is 4.48. The minimum atomic E-state index is 0.450. The fourth-order valence-electron chi connectivity index (χ4n) is 4.48. The van der Waals surface area contributed by atoms with E-state index in [1.807, 2.05) is 0 Å². The fraction of sp³-hybridized carbons (Fsp3) is 0.200. The van der Waals surface area contributed by atoms with Crippen molar-refractivity contribution in [3.8, 4) is 0 Å². The average molecular weight is 322 g/mol. The number of benzene rings is 3. The molecule has 3 aromatic carbocycles. The van der Waals surface area contributed by atoms with Crippen LogP contribution in [0.5, 0.6) is 0 Å². The molecule has 2 atom stereocenters. The van der Waals surface area contributed by atoms with E-state index in [0.717, 1.165) is 12.8 Å². The van der Waals surface area contributed by atoms with Crippen molar-refractivity contribution >= 4 is 35.1 Å². The minimum Gasteiger partial charge on any atom is -0.0763 e. The lowest BCUT2D eigenvalue weighted by Crippen LogP contribution is -2.35. The highest BCUT2D eigenvalue weighted by Crippen LogP contribution is 2.28. The molecule has 0 bridgehead atoms. The summed E-state index contributed by atoms with van der Waals surface area (Å²) in [4.78, 5) is 0. The van der Waals surface area contributed by atoms with Gasteiger partial charge in [0.25, 0.3) is 0 Å². The Hall–Kier alpha value is -2.60. The van der Waals surface area contributed by atoms with E-state index in [1.54, 1.807) is 0 Å². The normalized spacial score (nSPS) is 21.2. The van der Waals surface area contributed by atoms with E-state index in [1.165, 1.54) is 37.2 Å². The van der Waals surface area contributed by atoms with Gasteiger partial charge in [0, 0.05) is 5.92 Å². The van der Waals surface area contributed by atoms with Gasteiger partial charge >= 0.3 is 0 Å². The zero-order chi connectivity index (χ0) is 16.8. The summed E-state index contributed by atoms with van der Waals surface area (Å²) >= 11 is 0. The van der Waals surface area contributed by atoms with Crippen LogP contribution in [0.15, 0.2) is 54.6 Å². The van der Waals surface area contributed by atoms with Gasteiger partial charge in [-0.25, -0.2) is 0 Å². The molecule has 0 saturated heterocycles. The van der Waals surface area contributed by atoms with Gasteiger partial charge in [0.05, 0.1) is 0 Å². The first-order valence-corrected chi connectivity index (χ1v) is 9.32. The van der Waals surface area contributed by atoms with Crippen molar-refractivity contribution in [1.82, 2.24) is 0 Å². The molecule has 5 rings (SSSR count). The van der Waals surface area contributed by atoms with Crippen LogP contribution in [-0.4, -0.2) is 0 Å². The van der Waals surface area contributed by atoms with Gasteiger partial charge in [0.15, 0.2) is 0 Å². The first-order valence-electron chi connectivity index (χ1n) is 9.32. The van der Waals surface area contributed by atoms with Crippen LogP contribution in [-0.2, 0) is 0 Å². The van der Waals surface area contributed by atoms with Crippen molar-refractivity contribution in [2.24, 2.45) is 5.92 Å². The Kier molecular flexibility index (Phi) is 3.38. The molecular formula is C25H22. The summed E-state index contributed by atoms with van der Waals surface area (Å²) in [6.45, 7) is 2.33. The molecule has 0 amide bonds. The number of fused-ring (bicyclic) bond motifs is 5. The maximum absolute atomic E-state index is 2.50. The second kappa shape index (κ2) is 5.74. The molecular weight excluding hydrogens is 300 g/mol. The van der Waals surface area contributed by atoms with Gasteiger partial charge in [0.1, 0.15) is 0 Å². The highest BCUT2D eigenvalue weighted by Gasteiger charge is 2.18. The van der Waals surface area contributed by atoms with Crippen LogP contribution in [0.3, 0.4) is 0 Å². The van der Waals surface area contributed by atoms with E-state index in [4.69, 9.17) is 0 Å². The summed E-state index contributed by atoms with van der Waals surface area (Å²) < 4.78 is 0. The smallest absolute Gasteiger partial charge is 0.00878 e. The molecule has 0 radical (unpaired) electrons. The van der Waals surface area contributed by atoms with Crippen molar-refractivity contribution in [1.29, 1.82) is 0 Å². The van der Waals surface area contributed by atoms with Gasteiger partial charge in [-0.1, -0.05) is 85.8 Å². The second-order valence-electron chi connectivity index (χ2n) is 7.35. The molecule has 0 heterocycles. The third-order valence-corrected chi connectivity index (χ3v) is 5.77. The van der Waals surface area contributed by atoms with Crippen LogP contribution in [0.4, 0.5) is 0 Å². The molecule has 0 aliphatic heterocycles. The Balaban J connectivity index is 1.85. The van der Waals surface area contributed by atoms with Crippen LogP contribution in [0.1, 0.15) is 31.2 Å². The van der Waals surface area contributed by atoms with Crippen LogP contribution < -0.4 is 20.9 Å². The van der Waals surface area contributed by atoms with E-state index >= 15 is 0 Å². The third kappa shape index (κ3) is 2.36. The Morgan fingerprint density at radius 1 is 0.680 bits per heavy atom. The lowest BCUT2D eigenvalue weighted by molar-refractivity contribution is 0.694. The maximum atomic E-state index is 2.50. The summed E-state index contributed by atoms with van der Waals surface area (Å²) in [5.41, 5.74) is 1.41. The Morgan fingerprint density at radius 3 is 2.24 bits per heavy atom. The lowest BCUT2D eigenvalue weighted by atomic mass is 9.82. The summed E-state index contributed by atoms with van der Waals surface area (Å²) in [6, 6.07) is 20.2. The standard InChI is InChI=1S/C25H22/c1-17-15-20-12-14-22-21-10-6-5-9-19(21)11-13-23(22)25(20)16-24(17)18-7-3-2-4-8-18/h2-4,7-17,24H,5-6H2,1H3. The van der Waals surface area contributed by atoms with Crippen molar-refractivity contribution in [3.63, 3.8) is 0 Å². The van der Waals surface area contributed by atoms with Crippen molar-refractivity contribution in [3.05, 3.63) is 81.0 Å². The largest absolute Gasteiger partial charge is 0.0763 e. The molecule has 0 fully saturated rings. The number of hydrogen-bond donors (Lipinski definition) is 0. The number of hydrogen-bond acceptors (Lipinski definition) is 0. The van der Waals surface area contributed by atoms with Gasteiger partial charge < -0.3 is 0 Å². The van der Waals surface area contributed by atoms with E-state index in [0.29, 0.717) is 11.8 Å². The molecule has 0 nitrogen and oxygen atoms in total. The van der Waals surface area contributed by atoms with E-state index < -0.39 is 0 Å². The van der Waals surface area contributed by atoms with Crippen LogP contribution in [0.25, 0.3) is 35.1 Å². The van der Waals surface area contributed by atoms with Crippen molar-refractivity contribution in [2.45, 2.75) is 25.7 Å². The van der Waals surface area contributed by atoms with Crippen molar-refractivity contribution in [2.75, 3.05) is 0 Å². The Labute approximate surface area is 148 Å². The van der Waals surface area contributed by atoms with Crippen LogP contribution in [0, 0.1) is 5.92 Å². The molecule has 0 N–H and O–H groups in total. The Bertz CT molecular complexity index is 1200. The molecule has 122 valence electrons. The highest BCUT2D eigenvalue weighted by atomic mass is 14.2. The predicted molar refractivity (Wildman–Crippen MR) is 108 cm³/mol. The molecule has 2 unspecified atom stereocenters. The summed E-state index contributed by atoms with van der Waals surface area (Å²) in [7, 11) is 0. The predicted octanol–water partition coefficient (Wildman–Crippen LogP) is 3.19. The lowest BCUT2D eigenvalue weighted by Gasteiger charge is -2.22. The van der Waals surface area contributed by atoms with E-state index in [-0.39, 0.29) is 0 Å². The van der Waals surface area contributed by atoms with E-state index in [9.17, 15) is 0 Å². The van der Waals surface area contributed by atoms with Gasteiger partial charge in [-0.2, -0.15) is 0 Å². The molecule has 2 aliphatic rings. The molecule has 3 aromatic rings. The van der Waals surface area contributed by atoms with Gasteiger partial charge in [-0.05, 0) is 56.0 Å². The van der Waals surface area contributed by atoms with Crippen LogP contribution >= 0.6 is 0 Å². The molecule has 25 heavy (non-hydrogen) atoms. The van der Waals surface area contributed by atoms with Gasteiger partial charge in [-0.15, -0.1) is 0 Å². The highest BCUT2D eigenvalue weighted by molar-refractivity contribution is 5.86. The first kappa shape index (κ1) is 14.7. The molecule has 2 aliphatic carbocycles. The third-order valence-electron chi connectivity index (χ3n) is 5.77. The second-order valence-corrected chi connectivity index (χ2v) is 7.35. The summed E-state index contributed by atoms with van der Waals surface area (Å²) in [6.07, 6.45) is 12.0. The first-order chi connectivity index (χ1) is 12.3. The zero-order valence-electron chi connectivity index (χ0n) is 14.6. The van der Waals surface area contributed by atoms with Gasteiger partial charge in [-0.3, -0.25) is 0 Å². The zero-order valence-corrected chi connectivity index (χ0v) is 14.6. The Morgan fingerprint density at radius 2 is 1.40 bits per heavy atom. The summed E-state index contributed by atoms with van der Waals surface area (Å²) in [5.74, 6) is 0.968. The SMILES string of the molecule is CC1C=c2ccc3c4c(ccc3c2=CC1c1ccccc1)=CCCC=4. The maximum Gasteiger partial charge on any atom is 0.00878 e. The minimum absolute atomic E-state index is 0.450. The molecule has 0 aromatic heterocycles. The summed E-state index contributed by atoms with van der Waals surface area (Å²) in [5, 5.41) is 8.41. The van der Waals surface area contributed by atoms with Crippen molar-refractivity contribution < 1.29 is 0 Å². The average Bonchev–Trinajstić information content (AvgIpc) is 2.67. The van der Waals surface area contributed by atoms with E-state index in [2.05, 4.69) is 85.8 Å². The molecule has 0 spiro atoms.